The van der Waals surface area contributed by atoms with E-state index in [9.17, 15) is 9.59 Å². The normalized spacial score (nSPS) is 11.5. The lowest BCUT2D eigenvalue weighted by Gasteiger charge is -2.13. The standard InChI is InChI=1S/C16H20N4O3S/c1-4-23-16(22)20-13-7-5-12(6-8-13)19-15(21)18-11(3)14-17-10(2)9-24-14/h5-9,11H,4H2,1-3H3,(H,20,22)(H2,18,19,21). The Morgan fingerprint density at radius 3 is 2.38 bits per heavy atom. The topological polar surface area (TPSA) is 92.4 Å². The first kappa shape index (κ1) is 17.7. The van der Waals surface area contributed by atoms with Crippen molar-refractivity contribution >= 4 is 34.8 Å². The minimum absolute atomic E-state index is 0.173. The minimum atomic E-state index is -0.511. The molecule has 1 unspecified atom stereocenters. The van der Waals surface area contributed by atoms with E-state index >= 15 is 0 Å². The molecule has 1 aromatic heterocycles. The number of nitrogens with zero attached hydrogens (tertiary/aromatic N) is 1. The highest BCUT2D eigenvalue weighted by Gasteiger charge is 2.12. The van der Waals surface area contributed by atoms with Crippen molar-refractivity contribution in [2.75, 3.05) is 17.2 Å². The highest BCUT2D eigenvalue weighted by Crippen LogP contribution is 2.18. The SMILES string of the molecule is CCOC(=O)Nc1ccc(NC(=O)NC(C)c2nc(C)cs2)cc1. The zero-order valence-corrected chi connectivity index (χ0v) is 14.6. The third kappa shape index (κ3) is 5.24. The van der Waals surface area contributed by atoms with Crippen molar-refractivity contribution in [3.8, 4) is 0 Å². The maximum Gasteiger partial charge on any atom is 0.411 e. The molecule has 0 saturated carbocycles. The number of nitrogens with one attached hydrogen (secondary N) is 3. The summed E-state index contributed by atoms with van der Waals surface area (Å²) in [6.45, 7) is 5.84. The number of benzene rings is 1. The van der Waals surface area contributed by atoms with Gasteiger partial charge in [-0.15, -0.1) is 11.3 Å². The zero-order chi connectivity index (χ0) is 17.5. The Kier molecular flexibility index (Phi) is 6.14. The second-order valence-corrected chi connectivity index (χ2v) is 5.96. The predicted octanol–water partition coefficient (Wildman–Crippen LogP) is 3.90. The van der Waals surface area contributed by atoms with Crippen LogP contribution in [0.25, 0.3) is 0 Å². The van der Waals surface area contributed by atoms with Crippen LogP contribution < -0.4 is 16.0 Å². The molecule has 0 aliphatic heterocycles. The van der Waals surface area contributed by atoms with Crippen LogP contribution in [0.15, 0.2) is 29.6 Å². The van der Waals surface area contributed by atoms with Gasteiger partial charge in [0.05, 0.1) is 12.6 Å². The summed E-state index contributed by atoms with van der Waals surface area (Å²) < 4.78 is 4.79. The molecule has 0 bridgehead atoms. The van der Waals surface area contributed by atoms with Crippen molar-refractivity contribution in [1.29, 1.82) is 0 Å². The molecule has 1 atom stereocenters. The van der Waals surface area contributed by atoms with E-state index in [-0.39, 0.29) is 12.1 Å². The first-order chi connectivity index (χ1) is 11.5. The summed E-state index contributed by atoms with van der Waals surface area (Å²) in [5.74, 6) is 0. The average molecular weight is 348 g/mol. The second-order valence-electron chi connectivity index (χ2n) is 5.07. The molecule has 0 radical (unpaired) electrons. The second kappa shape index (κ2) is 8.30. The monoisotopic (exact) mass is 348 g/mol. The van der Waals surface area contributed by atoms with Crippen LogP contribution in [-0.2, 0) is 4.74 Å². The number of carbonyl (C=O) groups excluding carboxylic acids is 2. The van der Waals surface area contributed by atoms with Gasteiger partial charge in [0.1, 0.15) is 5.01 Å². The first-order valence-corrected chi connectivity index (χ1v) is 8.39. The molecule has 24 heavy (non-hydrogen) atoms. The molecule has 2 rings (SSSR count). The third-order valence-electron chi connectivity index (χ3n) is 3.02. The number of anilines is 2. The van der Waals surface area contributed by atoms with E-state index in [4.69, 9.17) is 4.74 Å². The fourth-order valence-corrected chi connectivity index (χ4v) is 2.72. The van der Waals surface area contributed by atoms with E-state index in [1.54, 1.807) is 31.2 Å². The quantitative estimate of drug-likeness (QED) is 0.764. The number of urea groups is 1. The van der Waals surface area contributed by atoms with Crippen LogP contribution in [0.5, 0.6) is 0 Å². The van der Waals surface area contributed by atoms with Crippen LogP contribution in [0, 0.1) is 6.92 Å². The number of rotatable bonds is 5. The Hall–Kier alpha value is -2.61. The highest BCUT2D eigenvalue weighted by atomic mass is 32.1. The number of carbonyl (C=O) groups is 2. The molecule has 8 heteroatoms. The Bertz CT molecular complexity index is 700. The molecule has 1 heterocycles. The molecule has 2 aromatic rings. The number of hydrogen-bond donors (Lipinski definition) is 3. The number of thiazole rings is 1. The summed E-state index contributed by atoms with van der Waals surface area (Å²) in [6, 6.07) is 6.26. The molecular weight excluding hydrogens is 328 g/mol. The number of aromatic nitrogens is 1. The summed E-state index contributed by atoms with van der Waals surface area (Å²) >= 11 is 1.51. The van der Waals surface area contributed by atoms with Crippen LogP contribution in [0.3, 0.4) is 0 Å². The number of amides is 3. The van der Waals surface area contributed by atoms with Crippen LogP contribution in [-0.4, -0.2) is 23.7 Å². The van der Waals surface area contributed by atoms with E-state index in [1.807, 2.05) is 19.2 Å². The molecule has 0 fully saturated rings. The fourth-order valence-electron chi connectivity index (χ4n) is 1.92. The van der Waals surface area contributed by atoms with E-state index < -0.39 is 6.09 Å². The average Bonchev–Trinajstić information content (AvgIpc) is 2.96. The summed E-state index contributed by atoms with van der Waals surface area (Å²) in [5, 5.41) is 11.0. The van der Waals surface area contributed by atoms with Gasteiger partial charge in [0.15, 0.2) is 0 Å². The lowest BCUT2D eigenvalue weighted by Crippen LogP contribution is -2.31. The predicted molar refractivity (Wildman–Crippen MR) is 94.5 cm³/mol. The molecule has 3 amide bonds. The molecule has 1 aromatic carbocycles. The van der Waals surface area contributed by atoms with Gasteiger partial charge in [-0.25, -0.2) is 14.6 Å². The van der Waals surface area contributed by atoms with E-state index in [1.165, 1.54) is 11.3 Å². The summed E-state index contributed by atoms with van der Waals surface area (Å²) in [4.78, 5) is 27.7. The van der Waals surface area contributed by atoms with Gasteiger partial charge < -0.3 is 15.4 Å². The Morgan fingerprint density at radius 2 is 1.83 bits per heavy atom. The van der Waals surface area contributed by atoms with Gasteiger partial charge in [-0.1, -0.05) is 0 Å². The Labute approximate surface area is 144 Å². The smallest absolute Gasteiger partial charge is 0.411 e. The molecule has 7 nitrogen and oxygen atoms in total. The third-order valence-corrected chi connectivity index (χ3v) is 4.16. The van der Waals surface area contributed by atoms with Crippen LogP contribution in [0.1, 0.15) is 30.6 Å². The lowest BCUT2D eigenvalue weighted by molar-refractivity contribution is 0.168. The number of hydrogen-bond acceptors (Lipinski definition) is 5. The summed E-state index contributed by atoms with van der Waals surface area (Å²) in [5.41, 5.74) is 2.14. The maximum absolute atomic E-state index is 12.0. The first-order valence-electron chi connectivity index (χ1n) is 7.51. The van der Waals surface area contributed by atoms with Crippen molar-refractivity contribution in [2.24, 2.45) is 0 Å². The summed E-state index contributed by atoms with van der Waals surface area (Å²) in [6.07, 6.45) is -0.511. The lowest BCUT2D eigenvalue weighted by atomic mass is 10.3. The van der Waals surface area contributed by atoms with Gasteiger partial charge in [-0.05, 0) is 45.0 Å². The van der Waals surface area contributed by atoms with Crippen molar-refractivity contribution in [2.45, 2.75) is 26.8 Å². The summed E-state index contributed by atoms with van der Waals surface area (Å²) in [7, 11) is 0. The molecular formula is C16H20N4O3S. The number of ether oxygens (including phenoxy) is 1. The van der Waals surface area contributed by atoms with Crippen molar-refractivity contribution in [3.63, 3.8) is 0 Å². The van der Waals surface area contributed by atoms with Crippen molar-refractivity contribution in [3.05, 3.63) is 40.3 Å². The zero-order valence-electron chi connectivity index (χ0n) is 13.8. The van der Waals surface area contributed by atoms with Crippen LogP contribution in [0.4, 0.5) is 21.0 Å². The van der Waals surface area contributed by atoms with Crippen molar-refractivity contribution in [1.82, 2.24) is 10.3 Å². The largest absolute Gasteiger partial charge is 0.450 e. The van der Waals surface area contributed by atoms with Gasteiger partial charge in [-0.3, -0.25) is 5.32 Å². The van der Waals surface area contributed by atoms with Gasteiger partial charge in [-0.2, -0.15) is 0 Å². The van der Waals surface area contributed by atoms with Crippen molar-refractivity contribution < 1.29 is 14.3 Å². The van der Waals surface area contributed by atoms with Gasteiger partial charge in [0.2, 0.25) is 0 Å². The molecule has 3 N–H and O–H groups in total. The number of aryl methyl sites for hydroxylation is 1. The highest BCUT2D eigenvalue weighted by molar-refractivity contribution is 7.09. The molecule has 0 spiro atoms. The van der Waals surface area contributed by atoms with Crippen LogP contribution >= 0.6 is 11.3 Å². The minimum Gasteiger partial charge on any atom is -0.450 e. The van der Waals surface area contributed by atoms with E-state index in [0.717, 1.165) is 10.7 Å². The Morgan fingerprint density at radius 1 is 1.21 bits per heavy atom. The van der Waals surface area contributed by atoms with Gasteiger partial charge in [0, 0.05) is 22.4 Å². The molecule has 0 aliphatic rings. The van der Waals surface area contributed by atoms with Gasteiger partial charge >= 0.3 is 12.1 Å². The molecule has 0 aliphatic carbocycles. The molecule has 0 saturated heterocycles. The van der Waals surface area contributed by atoms with Gasteiger partial charge in [0.25, 0.3) is 0 Å². The Balaban J connectivity index is 1.86. The molecule has 128 valence electrons. The van der Waals surface area contributed by atoms with E-state index in [2.05, 4.69) is 20.9 Å². The van der Waals surface area contributed by atoms with E-state index in [0.29, 0.717) is 18.0 Å². The van der Waals surface area contributed by atoms with Crippen LogP contribution in [0.2, 0.25) is 0 Å². The maximum atomic E-state index is 12.0. The fraction of sp³-hybridized carbons (Fsp3) is 0.312.